The average Bonchev–Trinajstić information content (AvgIpc) is 2.54. The number of hydrogen-bond acceptors (Lipinski definition) is 3. The van der Waals surface area contributed by atoms with Gasteiger partial charge in [0.15, 0.2) is 0 Å². The molecule has 0 fully saturated rings. The van der Waals surface area contributed by atoms with E-state index < -0.39 is 0 Å². The van der Waals surface area contributed by atoms with E-state index in [0.717, 1.165) is 37.4 Å². The van der Waals surface area contributed by atoms with Crippen molar-refractivity contribution in [3.05, 3.63) is 35.4 Å². The Morgan fingerprint density at radius 3 is 2.82 bits per heavy atom. The topological polar surface area (TPSA) is 38.7 Å². The van der Waals surface area contributed by atoms with Gasteiger partial charge in [0.05, 0.1) is 6.61 Å². The predicted molar refractivity (Wildman–Crippen MR) is 90.2 cm³/mol. The van der Waals surface area contributed by atoms with Gasteiger partial charge >= 0.3 is 0 Å². The highest BCUT2D eigenvalue weighted by molar-refractivity contribution is 5.71. The van der Waals surface area contributed by atoms with Crippen LogP contribution < -0.4 is 4.74 Å². The van der Waals surface area contributed by atoms with Crippen LogP contribution in [0.2, 0.25) is 0 Å². The SMILES string of the molecule is COCCOc1cc(CCCO)ccc1C1=CCC(C)CC1. The maximum atomic E-state index is 9.00. The highest BCUT2D eigenvalue weighted by Crippen LogP contribution is 2.35. The third kappa shape index (κ3) is 4.85. The monoisotopic (exact) mass is 304 g/mol. The van der Waals surface area contributed by atoms with Gasteiger partial charge in [0, 0.05) is 19.3 Å². The molecular weight excluding hydrogens is 276 g/mol. The van der Waals surface area contributed by atoms with E-state index in [1.54, 1.807) is 7.11 Å². The molecule has 0 radical (unpaired) electrons. The largest absolute Gasteiger partial charge is 0.491 e. The van der Waals surface area contributed by atoms with Gasteiger partial charge in [-0.2, -0.15) is 0 Å². The lowest BCUT2D eigenvalue weighted by Gasteiger charge is -2.21. The number of aliphatic hydroxyl groups is 1. The molecule has 0 saturated heterocycles. The van der Waals surface area contributed by atoms with Gasteiger partial charge in [-0.3, -0.25) is 0 Å². The van der Waals surface area contributed by atoms with Gasteiger partial charge in [-0.25, -0.2) is 0 Å². The van der Waals surface area contributed by atoms with Crippen molar-refractivity contribution in [1.82, 2.24) is 0 Å². The van der Waals surface area contributed by atoms with E-state index in [0.29, 0.717) is 13.2 Å². The van der Waals surface area contributed by atoms with Crippen molar-refractivity contribution in [2.75, 3.05) is 26.9 Å². The molecule has 3 heteroatoms. The molecule has 1 aliphatic carbocycles. The van der Waals surface area contributed by atoms with Gasteiger partial charge in [-0.1, -0.05) is 25.1 Å². The first kappa shape index (κ1) is 17.0. The number of rotatable bonds is 8. The van der Waals surface area contributed by atoms with Crippen LogP contribution in [0.3, 0.4) is 0 Å². The van der Waals surface area contributed by atoms with Crippen LogP contribution in [-0.4, -0.2) is 32.0 Å². The fourth-order valence-corrected chi connectivity index (χ4v) is 2.83. The van der Waals surface area contributed by atoms with Crippen LogP contribution in [0.1, 0.15) is 43.7 Å². The minimum Gasteiger partial charge on any atom is -0.491 e. The Balaban J connectivity index is 2.18. The van der Waals surface area contributed by atoms with E-state index >= 15 is 0 Å². The normalized spacial score (nSPS) is 18.1. The number of aliphatic hydroxyl groups excluding tert-OH is 1. The molecule has 1 N–H and O–H groups in total. The molecule has 0 aliphatic heterocycles. The van der Waals surface area contributed by atoms with Crippen LogP contribution in [0, 0.1) is 5.92 Å². The minimum absolute atomic E-state index is 0.227. The molecule has 1 aromatic carbocycles. The number of ether oxygens (including phenoxy) is 2. The van der Waals surface area contributed by atoms with E-state index in [9.17, 15) is 0 Å². The summed E-state index contributed by atoms with van der Waals surface area (Å²) in [6.45, 7) is 3.69. The van der Waals surface area contributed by atoms with Gasteiger partial charge in [-0.05, 0) is 55.2 Å². The Morgan fingerprint density at radius 1 is 1.27 bits per heavy atom. The molecule has 22 heavy (non-hydrogen) atoms. The molecule has 0 bridgehead atoms. The molecule has 0 spiro atoms. The molecule has 122 valence electrons. The summed E-state index contributed by atoms with van der Waals surface area (Å²) >= 11 is 0. The van der Waals surface area contributed by atoms with Gasteiger partial charge in [0.2, 0.25) is 0 Å². The predicted octanol–water partition coefficient (Wildman–Crippen LogP) is 3.84. The Hall–Kier alpha value is -1.32. The molecule has 1 aliphatic rings. The molecule has 1 unspecified atom stereocenters. The van der Waals surface area contributed by atoms with Crippen molar-refractivity contribution in [2.45, 2.75) is 39.0 Å². The summed E-state index contributed by atoms with van der Waals surface area (Å²) in [6.07, 6.45) is 7.55. The summed E-state index contributed by atoms with van der Waals surface area (Å²) in [6, 6.07) is 6.46. The number of benzene rings is 1. The fourth-order valence-electron chi connectivity index (χ4n) is 2.83. The number of aryl methyl sites for hydroxylation is 1. The first-order valence-corrected chi connectivity index (χ1v) is 8.29. The Labute approximate surface area is 134 Å². The van der Waals surface area contributed by atoms with E-state index in [-0.39, 0.29) is 6.61 Å². The maximum absolute atomic E-state index is 9.00. The van der Waals surface area contributed by atoms with Crippen LogP contribution in [0.25, 0.3) is 5.57 Å². The molecule has 0 heterocycles. The molecular formula is C19H28O3. The Morgan fingerprint density at radius 2 is 2.14 bits per heavy atom. The zero-order valence-electron chi connectivity index (χ0n) is 13.8. The van der Waals surface area contributed by atoms with Crippen molar-refractivity contribution in [1.29, 1.82) is 0 Å². The van der Waals surface area contributed by atoms with E-state index in [2.05, 4.69) is 31.2 Å². The highest BCUT2D eigenvalue weighted by atomic mass is 16.5. The summed E-state index contributed by atoms with van der Waals surface area (Å²) in [4.78, 5) is 0. The second-order valence-electron chi connectivity index (χ2n) is 6.11. The van der Waals surface area contributed by atoms with Crippen molar-refractivity contribution in [3.8, 4) is 5.75 Å². The first-order chi connectivity index (χ1) is 10.7. The average molecular weight is 304 g/mol. The smallest absolute Gasteiger partial charge is 0.127 e. The van der Waals surface area contributed by atoms with Crippen LogP contribution in [-0.2, 0) is 11.2 Å². The molecule has 1 aromatic rings. The van der Waals surface area contributed by atoms with Crippen LogP contribution in [0.5, 0.6) is 5.75 Å². The lowest BCUT2D eigenvalue weighted by atomic mass is 9.87. The summed E-state index contributed by atoms with van der Waals surface area (Å²) in [5.41, 5.74) is 3.84. The molecule has 3 nitrogen and oxygen atoms in total. The zero-order chi connectivity index (χ0) is 15.8. The lowest BCUT2D eigenvalue weighted by Crippen LogP contribution is -2.08. The molecule has 1 atom stereocenters. The Kier molecular flexibility index (Phi) is 6.94. The zero-order valence-corrected chi connectivity index (χ0v) is 13.8. The quantitative estimate of drug-likeness (QED) is 0.742. The summed E-state index contributed by atoms with van der Waals surface area (Å²) in [5, 5.41) is 9.00. The second-order valence-corrected chi connectivity index (χ2v) is 6.11. The van der Waals surface area contributed by atoms with Crippen LogP contribution in [0.4, 0.5) is 0 Å². The third-order valence-electron chi connectivity index (χ3n) is 4.23. The second kappa shape index (κ2) is 8.96. The lowest BCUT2D eigenvalue weighted by molar-refractivity contribution is 0.146. The summed E-state index contributed by atoms with van der Waals surface area (Å²) in [5.74, 6) is 1.73. The number of hydrogen-bond donors (Lipinski definition) is 1. The van der Waals surface area contributed by atoms with Gasteiger partial charge in [0.25, 0.3) is 0 Å². The Bertz CT molecular complexity index is 493. The standard InChI is InChI=1S/C19H28O3/c1-15-5-8-17(9-6-15)18-10-7-16(4-3-11-20)14-19(18)22-13-12-21-2/h7-8,10,14-15,20H,3-6,9,11-13H2,1-2H3. The number of allylic oxidation sites excluding steroid dienone is 2. The third-order valence-corrected chi connectivity index (χ3v) is 4.23. The maximum Gasteiger partial charge on any atom is 0.127 e. The fraction of sp³-hybridized carbons (Fsp3) is 0.579. The molecule has 0 aromatic heterocycles. The molecule has 0 amide bonds. The number of methoxy groups -OCH3 is 1. The van der Waals surface area contributed by atoms with Crippen molar-refractivity contribution >= 4 is 5.57 Å². The molecule has 2 rings (SSSR count). The summed E-state index contributed by atoms with van der Waals surface area (Å²) in [7, 11) is 1.69. The molecule has 0 saturated carbocycles. The first-order valence-electron chi connectivity index (χ1n) is 8.29. The van der Waals surface area contributed by atoms with E-state index in [4.69, 9.17) is 14.6 Å². The van der Waals surface area contributed by atoms with Crippen molar-refractivity contribution in [2.24, 2.45) is 5.92 Å². The van der Waals surface area contributed by atoms with Gasteiger partial charge in [0.1, 0.15) is 12.4 Å². The van der Waals surface area contributed by atoms with E-state index in [1.165, 1.54) is 23.1 Å². The van der Waals surface area contributed by atoms with Crippen LogP contribution >= 0.6 is 0 Å². The van der Waals surface area contributed by atoms with E-state index in [1.807, 2.05) is 0 Å². The van der Waals surface area contributed by atoms with Crippen molar-refractivity contribution < 1.29 is 14.6 Å². The summed E-state index contributed by atoms with van der Waals surface area (Å²) < 4.78 is 11.0. The van der Waals surface area contributed by atoms with Crippen molar-refractivity contribution in [3.63, 3.8) is 0 Å². The minimum atomic E-state index is 0.227. The highest BCUT2D eigenvalue weighted by Gasteiger charge is 2.15. The van der Waals surface area contributed by atoms with Gasteiger partial charge < -0.3 is 14.6 Å². The van der Waals surface area contributed by atoms with Gasteiger partial charge in [-0.15, -0.1) is 0 Å². The van der Waals surface area contributed by atoms with Crippen LogP contribution in [0.15, 0.2) is 24.3 Å².